The molecular weight excluding hydrogens is 456 g/mol. The molecule has 0 saturated carbocycles. The Morgan fingerprint density at radius 2 is 2.12 bits per heavy atom. The molecule has 1 aromatic carbocycles. The number of hydrogen-bond acceptors (Lipinski definition) is 9. The number of carboxylic acid groups (broad SMARTS) is 1. The van der Waals surface area contributed by atoms with Gasteiger partial charge in [0.25, 0.3) is 0 Å². The Bertz CT molecular complexity index is 1100. The van der Waals surface area contributed by atoms with E-state index < -0.39 is 29.3 Å². The van der Waals surface area contributed by atoms with Crippen LogP contribution in [0.4, 0.5) is 0 Å². The maximum absolute atomic E-state index is 13.0. The molecular formula is C25H29N2O6S-. The van der Waals surface area contributed by atoms with Crippen molar-refractivity contribution in [3.63, 3.8) is 0 Å². The first-order valence-corrected chi connectivity index (χ1v) is 12.1. The first-order valence-electron chi connectivity index (χ1n) is 11.2. The summed E-state index contributed by atoms with van der Waals surface area (Å²) < 4.78 is 5.10. The van der Waals surface area contributed by atoms with Crippen LogP contribution in [0, 0.1) is 5.41 Å². The van der Waals surface area contributed by atoms with Gasteiger partial charge in [-0.2, -0.15) is 4.89 Å². The highest BCUT2D eigenvalue weighted by Crippen LogP contribution is 2.53. The van der Waals surface area contributed by atoms with Gasteiger partial charge in [0.15, 0.2) is 5.75 Å². The Hall–Kier alpha value is -2.88. The number of benzene rings is 1. The second kappa shape index (κ2) is 9.77. The van der Waals surface area contributed by atoms with Crippen molar-refractivity contribution in [3.8, 4) is 5.75 Å². The number of nitrogens with zero attached hydrogens (tertiary/aromatic N) is 1. The minimum absolute atomic E-state index is 0.244. The van der Waals surface area contributed by atoms with E-state index in [1.165, 1.54) is 12.0 Å². The summed E-state index contributed by atoms with van der Waals surface area (Å²) in [5.74, 6) is -2.22. The van der Waals surface area contributed by atoms with Crippen molar-refractivity contribution in [1.82, 2.24) is 10.2 Å². The van der Waals surface area contributed by atoms with Crippen LogP contribution < -0.4 is 15.3 Å². The number of allylic oxidation sites excluding steroid dienone is 1. The van der Waals surface area contributed by atoms with Crippen molar-refractivity contribution >= 4 is 23.3 Å². The van der Waals surface area contributed by atoms with Crippen LogP contribution in [0.15, 0.2) is 47.0 Å². The number of rotatable bonds is 8. The summed E-state index contributed by atoms with van der Waals surface area (Å²) in [5, 5.41) is 18.3. The minimum Gasteiger partial charge on any atom is -0.549 e. The van der Waals surface area contributed by atoms with Gasteiger partial charge in [0.05, 0.1) is 18.7 Å². The second-order valence-electron chi connectivity index (χ2n) is 8.91. The normalized spacial score (nSPS) is 23.9. The van der Waals surface area contributed by atoms with Crippen LogP contribution in [0.3, 0.4) is 0 Å². The van der Waals surface area contributed by atoms with Crippen molar-refractivity contribution < 1.29 is 29.2 Å². The fourth-order valence-electron chi connectivity index (χ4n) is 5.15. The maximum Gasteiger partial charge on any atom is 0.336 e. The third-order valence-electron chi connectivity index (χ3n) is 6.91. The quantitative estimate of drug-likeness (QED) is 0.449. The van der Waals surface area contributed by atoms with E-state index in [0.717, 1.165) is 5.56 Å². The number of carbonyl (C=O) groups is 2. The highest BCUT2D eigenvalue weighted by Gasteiger charge is 2.53. The van der Waals surface area contributed by atoms with Crippen LogP contribution in [0.5, 0.6) is 5.75 Å². The van der Waals surface area contributed by atoms with E-state index >= 15 is 0 Å². The zero-order valence-electron chi connectivity index (χ0n) is 19.8. The number of carboxylic acids is 1. The van der Waals surface area contributed by atoms with E-state index in [-0.39, 0.29) is 18.6 Å². The van der Waals surface area contributed by atoms with Gasteiger partial charge in [-0.1, -0.05) is 24.3 Å². The summed E-state index contributed by atoms with van der Waals surface area (Å²) in [5.41, 5.74) is 0.758. The molecule has 182 valence electrons. The molecule has 1 N–H and O–H groups in total. The van der Waals surface area contributed by atoms with Crippen LogP contribution in [-0.4, -0.2) is 43.6 Å². The van der Waals surface area contributed by atoms with E-state index in [2.05, 4.69) is 16.3 Å². The SMILES string of the molecule is COC(=O)C1=C(C)NC(C)C(CCN(C)Cc2cccs2)(C(=O)[O-])C1c1cccc2c1OOC2. The van der Waals surface area contributed by atoms with Gasteiger partial charge in [-0.3, -0.25) is 0 Å². The lowest BCUT2D eigenvalue weighted by Gasteiger charge is -2.51. The fraction of sp³-hybridized carbons (Fsp3) is 0.440. The molecule has 0 bridgehead atoms. The van der Waals surface area contributed by atoms with Gasteiger partial charge < -0.3 is 29.7 Å². The number of nitrogens with one attached hydrogen (secondary N) is 1. The predicted molar refractivity (Wildman–Crippen MR) is 125 cm³/mol. The van der Waals surface area contributed by atoms with Gasteiger partial charge >= 0.3 is 5.97 Å². The Labute approximate surface area is 203 Å². The standard InChI is InChI=1S/C25H30N2O6S/c1-15-20(23(28)31-4)21(19-9-5-7-17-14-32-33-22(17)19)25(24(29)30,16(2)26-15)10-11-27(3)13-18-8-6-12-34-18/h5-9,12,16,21,26H,10-11,13-14H2,1-4H3,(H,29,30)/p-1. The van der Waals surface area contributed by atoms with Gasteiger partial charge in [0.1, 0.15) is 6.61 Å². The van der Waals surface area contributed by atoms with Gasteiger partial charge in [0, 0.05) is 45.6 Å². The lowest BCUT2D eigenvalue weighted by molar-refractivity contribution is -0.322. The molecule has 9 heteroatoms. The lowest BCUT2D eigenvalue weighted by atomic mass is 9.60. The monoisotopic (exact) mass is 485 g/mol. The molecule has 2 aliphatic heterocycles. The lowest BCUT2D eigenvalue weighted by Crippen LogP contribution is -2.61. The summed E-state index contributed by atoms with van der Waals surface area (Å²) in [7, 11) is 3.25. The minimum atomic E-state index is -1.45. The number of methoxy groups -OCH3 is 1. The van der Waals surface area contributed by atoms with Crippen molar-refractivity contribution in [2.45, 2.75) is 45.4 Å². The van der Waals surface area contributed by atoms with Gasteiger partial charge in [-0.25, -0.2) is 4.79 Å². The number of thiophene rings is 1. The third kappa shape index (κ3) is 4.19. The predicted octanol–water partition coefficient (Wildman–Crippen LogP) is 2.35. The zero-order chi connectivity index (χ0) is 24.5. The van der Waals surface area contributed by atoms with E-state index in [9.17, 15) is 14.7 Å². The van der Waals surface area contributed by atoms with Crippen molar-refractivity contribution in [3.05, 3.63) is 63.0 Å². The fourth-order valence-corrected chi connectivity index (χ4v) is 5.93. The molecule has 1 aromatic heterocycles. The molecule has 3 unspecified atom stereocenters. The van der Waals surface area contributed by atoms with Crippen LogP contribution in [0.2, 0.25) is 0 Å². The second-order valence-corrected chi connectivity index (χ2v) is 9.94. The molecule has 0 fully saturated rings. The summed E-state index contributed by atoms with van der Waals surface area (Å²) in [4.78, 5) is 40.0. The molecule has 0 radical (unpaired) electrons. The Balaban J connectivity index is 1.81. The average molecular weight is 486 g/mol. The first kappa shape index (κ1) is 24.3. The number of para-hydroxylation sites is 1. The molecule has 4 rings (SSSR count). The van der Waals surface area contributed by atoms with Gasteiger partial charge in [-0.05, 0) is 45.3 Å². The van der Waals surface area contributed by atoms with E-state index in [1.807, 2.05) is 37.6 Å². The Morgan fingerprint density at radius 3 is 2.79 bits per heavy atom. The molecule has 0 aliphatic carbocycles. The number of ether oxygens (including phenoxy) is 1. The maximum atomic E-state index is 13.0. The zero-order valence-corrected chi connectivity index (χ0v) is 20.6. The Kier molecular flexibility index (Phi) is 6.97. The van der Waals surface area contributed by atoms with Crippen LogP contribution in [0.1, 0.15) is 42.2 Å². The molecule has 8 nitrogen and oxygen atoms in total. The molecule has 3 atom stereocenters. The number of aliphatic carboxylic acids is 1. The van der Waals surface area contributed by atoms with E-state index in [0.29, 0.717) is 30.1 Å². The molecule has 0 saturated heterocycles. The summed E-state index contributed by atoms with van der Waals surface area (Å²) in [6, 6.07) is 9.00. The smallest absolute Gasteiger partial charge is 0.336 e. The molecule has 2 aliphatic rings. The number of hydrogen-bond donors (Lipinski definition) is 1. The van der Waals surface area contributed by atoms with E-state index in [1.54, 1.807) is 24.3 Å². The van der Waals surface area contributed by atoms with Crippen LogP contribution in [-0.2, 0) is 32.4 Å². The topological polar surface area (TPSA) is 100 Å². The van der Waals surface area contributed by atoms with Crippen LogP contribution >= 0.6 is 11.3 Å². The molecule has 3 heterocycles. The summed E-state index contributed by atoms with van der Waals surface area (Å²) in [6.45, 7) is 5.01. The van der Waals surface area contributed by atoms with Crippen molar-refractivity contribution in [2.24, 2.45) is 5.41 Å². The van der Waals surface area contributed by atoms with Crippen molar-refractivity contribution in [2.75, 3.05) is 20.7 Å². The Morgan fingerprint density at radius 1 is 1.32 bits per heavy atom. The third-order valence-corrected chi connectivity index (χ3v) is 7.77. The summed E-state index contributed by atoms with van der Waals surface area (Å²) in [6.07, 6.45) is 0.244. The molecule has 0 spiro atoms. The van der Waals surface area contributed by atoms with E-state index in [4.69, 9.17) is 14.5 Å². The number of fused-ring (bicyclic) bond motifs is 1. The van der Waals surface area contributed by atoms with Crippen LogP contribution in [0.25, 0.3) is 0 Å². The summed E-state index contributed by atoms with van der Waals surface area (Å²) >= 11 is 1.66. The largest absolute Gasteiger partial charge is 0.549 e. The number of carbonyl (C=O) groups excluding carboxylic acids is 2. The molecule has 34 heavy (non-hydrogen) atoms. The van der Waals surface area contributed by atoms with Crippen molar-refractivity contribution in [1.29, 1.82) is 0 Å². The molecule has 0 amide bonds. The molecule has 2 aromatic rings. The van der Waals surface area contributed by atoms with Gasteiger partial charge in [-0.15, -0.1) is 11.3 Å². The number of esters is 1. The first-order chi connectivity index (χ1) is 16.3. The highest BCUT2D eigenvalue weighted by atomic mass is 32.1. The average Bonchev–Trinajstić information content (AvgIpc) is 3.49. The van der Waals surface area contributed by atoms with Gasteiger partial charge in [0.2, 0.25) is 0 Å². The highest BCUT2D eigenvalue weighted by molar-refractivity contribution is 7.09.